The number of esters is 1. The third kappa shape index (κ3) is 5.80. The summed E-state index contributed by atoms with van der Waals surface area (Å²) in [4.78, 5) is 23.1. The Kier molecular flexibility index (Phi) is 6.34. The first-order chi connectivity index (χ1) is 12.0. The summed E-state index contributed by atoms with van der Waals surface area (Å²) in [5, 5.41) is 2.82. The number of hydrogen-bond acceptors (Lipinski definition) is 4. The second-order valence-electron chi connectivity index (χ2n) is 5.57. The molecule has 0 spiro atoms. The molecule has 0 aliphatic carbocycles. The van der Waals surface area contributed by atoms with Crippen molar-refractivity contribution in [1.82, 2.24) is 0 Å². The molecule has 2 rings (SSSR count). The number of hydrogen-bond donors (Lipinski definition) is 1. The molecule has 2 aromatic rings. The largest absolute Gasteiger partial charge is 0.482 e. The second-order valence-corrected chi connectivity index (χ2v) is 5.57. The third-order valence-electron chi connectivity index (χ3n) is 3.54. The van der Waals surface area contributed by atoms with Gasteiger partial charge in [0.15, 0.2) is 6.61 Å². The van der Waals surface area contributed by atoms with Gasteiger partial charge in [0.1, 0.15) is 5.75 Å². The van der Waals surface area contributed by atoms with Gasteiger partial charge in [-0.05, 0) is 49.2 Å². The minimum Gasteiger partial charge on any atom is -0.482 e. The van der Waals surface area contributed by atoms with E-state index in [0.29, 0.717) is 11.4 Å². The number of rotatable bonds is 6. The first-order valence-electron chi connectivity index (χ1n) is 7.84. The molecule has 25 heavy (non-hydrogen) atoms. The van der Waals surface area contributed by atoms with Crippen molar-refractivity contribution in [3.05, 3.63) is 65.2 Å². The maximum Gasteiger partial charge on any atom is 0.343 e. The summed E-state index contributed by atoms with van der Waals surface area (Å²) in [5.41, 5.74) is 3.65. The molecule has 1 N–H and O–H groups in total. The van der Waals surface area contributed by atoms with Gasteiger partial charge >= 0.3 is 5.97 Å². The van der Waals surface area contributed by atoms with E-state index in [4.69, 9.17) is 4.74 Å². The zero-order valence-electron chi connectivity index (χ0n) is 14.5. The van der Waals surface area contributed by atoms with Crippen LogP contribution in [0, 0.1) is 13.8 Å². The molecule has 0 aliphatic heterocycles. The number of benzene rings is 2. The fourth-order valence-electron chi connectivity index (χ4n) is 2.09. The maximum atomic E-state index is 12.1. The summed E-state index contributed by atoms with van der Waals surface area (Å²) in [6.45, 7) is 3.72. The average Bonchev–Trinajstić information content (AvgIpc) is 2.61. The average molecular weight is 339 g/mol. The van der Waals surface area contributed by atoms with E-state index in [1.807, 2.05) is 38.1 Å². The van der Waals surface area contributed by atoms with Gasteiger partial charge in [-0.1, -0.05) is 29.8 Å². The molecule has 0 heterocycles. The first kappa shape index (κ1) is 18.3. The van der Waals surface area contributed by atoms with Crippen LogP contribution in [-0.2, 0) is 14.3 Å². The lowest BCUT2D eigenvalue weighted by atomic mass is 10.1. The predicted molar refractivity (Wildman–Crippen MR) is 97.5 cm³/mol. The Hall–Kier alpha value is -3.08. The lowest BCUT2D eigenvalue weighted by Gasteiger charge is -2.10. The summed E-state index contributed by atoms with van der Waals surface area (Å²) < 4.78 is 9.83. The van der Waals surface area contributed by atoms with Gasteiger partial charge in [0.05, 0.1) is 7.11 Å². The van der Waals surface area contributed by atoms with E-state index < -0.39 is 5.97 Å². The van der Waals surface area contributed by atoms with Crippen LogP contribution in [0.2, 0.25) is 0 Å². The number of aryl methyl sites for hydroxylation is 2. The van der Waals surface area contributed by atoms with Crippen LogP contribution >= 0.6 is 0 Å². The summed E-state index contributed by atoms with van der Waals surface area (Å²) in [6.07, 6.45) is 3.25. The highest BCUT2D eigenvalue weighted by Crippen LogP contribution is 2.21. The third-order valence-corrected chi connectivity index (χ3v) is 3.54. The van der Waals surface area contributed by atoms with Crippen molar-refractivity contribution < 1.29 is 19.1 Å². The molecule has 5 nitrogen and oxygen atoms in total. The van der Waals surface area contributed by atoms with Crippen LogP contribution in [0.25, 0.3) is 6.08 Å². The summed E-state index contributed by atoms with van der Waals surface area (Å²) in [5.74, 6) is -0.126. The van der Waals surface area contributed by atoms with Gasteiger partial charge in [-0.2, -0.15) is 0 Å². The molecule has 0 saturated carbocycles. The van der Waals surface area contributed by atoms with Crippen molar-refractivity contribution in [1.29, 1.82) is 0 Å². The van der Waals surface area contributed by atoms with Gasteiger partial charge in [-0.25, -0.2) is 4.79 Å². The minimum atomic E-state index is -0.448. The van der Waals surface area contributed by atoms with Crippen molar-refractivity contribution in [2.45, 2.75) is 13.8 Å². The topological polar surface area (TPSA) is 64.6 Å². The van der Waals surface area contributed by atoms with E-state index in [2.05, 4.69) is 10.1 Å². The van der Waals surface area contributed by atoms with E-state index in [1.165, 1.54) is 18.7 Å². The van der Waals surface area contributed by atoms with Gasteiger partial charge in [0, 0.05) is 11.8 Å². The molecule has 0 aromatic heterocycles. The van der Waals surface area contributed by atoms with Gasteiger partial charge in [-0.15, -0.1) is 0 Å². The highest BCUT2D eigenvalue weighted by atomic mass is 16.6. The van der Waals surface area contributed by atoms with Gasteiger partial charge in [0.25, 0.3) is 0 Å². The van der Waals surface area contributed by atoms with Crippen molar-refractivity contribution in [3.63, 3.8) is 0 Å². The molecular formula is C20H21NO4. The fourth-order valence-corrected chi connectivity index (χ4v) is 2.09. The first-order valence-corrected chi connectivity index (χ1v) is 7.84. The van der Waals surface area contributed by atoms with Crippen LogP contribution in [0.3, 0.4) is 0 Å². The second kappa shape index (κ2) is 8.68. The molecule has 0 unspecified atom stereocenters. The Morgan fingerprint density at radius 2 is 1.80 bits per heavy atom. The van der Waals surface area contributed by atoms with E-state index >= 15 is 0 Å². The van der Waals surface area contributed by atoms with E-state index in [-0.39, 0.29) is 12.5 Å². The van der Waals surface area contributed by atoms with Crippen molar-refractivity contribution >= 4 is 23.6 Å². The highest BCUT2D eigenvalue weighted by molar-refractivity contribution is 6.02. The van der Waals surface area contributed by atoms with Crippen LogP contribution in [0.15, 0.2) is 48.5 Å². The lowest BCUT2D eigenvalue weighted by Crippen LogP contribution is -2.13. The van der Waals surface area contributed by atoms with Crippen LogP contribution in [-0.4, -0.2) is 25.6 Å². The number of ether oxygens (including phenoxy) is 2. The Morgan fingerprint density at radius 3 is 2.44 bits per heavy atom. The molecule has 2 aromatic carbocycles. The zero-order chi connectivity index (χ0) is 18.2. The number of nitrogens with one attached hydrogen (secondary N) is 1. The molecule has 0 radical (unpaired) electrons. The molecule has 0 bridgehead atoms. The number of amides is 1. The van der Waals surface area contributed by atoms with Crippen molar-refractivity contribution in [3.8, 4) is 5.75 Å². The van der Waals surface area contributed by atoms with Crippen molar-refractivity contribution in [2.75, 3.05) is 19.0 Å². The van der Waals surface area contributed by atoms with Crippen LogP contribution in [0.4, 0.5) is 5.69 Å². The Morgan fingerprint density at radius 1 is 1.08 bits per heavy atom. The van der Waals surface area contributed by atoms with Crippen LogP contribution in [0.5, 0.6) is 5.75 Å². The Balaban J connectivity index is 1.96. The van der Waals surface area contributed by atoms with Gasteiger partial charge < -0.3 is 14.8 Å². The Bertz CT molecular complexity index is 779. The summed E-state index contributed by atoms with van der Waals surface area (Å²) in [7, 11) is 1.31. The molecular weight excluding hydrogens is 318 g/mol. The fraction of sp³-hybridized carbons (Fsp3) is 0.200. The Labute approximate surface area is 147 Å². The quantitative estimate of drug-likeness (QED) is 0.646. The van der Waals surface area contributed by atoms with Gasteiger partial charge in [0.2, 0.25) is 5.91 Å². The standard InChI is InChI=1S/C20H21NO4/c1-14-4-6-16(7-5-14)8-11-19(22)21-18-10-9-17(12-15(18)2)25-13-20(23)24-3/h4-12H,13H2,1-3H3,(H,21,22)/b11-8+. The molecule has 1 amide bonds. The SMILES string of the molecule is COC(=O)COc1ccc(NC(=O)/C=C/c2ccc(C)cc2)c(C)c1. The summed E-state index contributed by atoms with van der Waals surface area (Å²) >= 11 is 0. The zero-order valence-corrected chi connectivity index (χ0v) is 14.5. The van der Waals surface area contributed by atoms with E-state index in [9.17, 15) is 9.59 Å². The lowest BCUT2D eigenvalue weighted by molar-refractivity contribution is -0.142. The molecule has 0 atom stereocenters. The maximum absolute atomic E-state index is 12.1. The molecule has 5 heteroatoms. The van der Waals surface area contributed by atoms with E-state index in [0.717, 1.165) is 11.1 Å². The number of anilines is 1. The molecule has 130 valence electrons. The number of methoxy groups -OCH3 is 1. The smallest absolute Gasteiger partial charge is 0.343 e. The normalized spacial score (nSPS) is 10.5. The van der Waals surface area contributed by atoms with Crippen LogP contribution < -0.4 is 10.1 Å². The summed E-state index contributed by atoms with van der Waals surface area (Å²) in [6, 6.07) is 13.1. The number of carbonyl (C=O) groups excluding carboxylic acids is 2. The monoisotopic (exact) mass is 339 g/mol. The predicted octanol–water partition coefficient (Wildman–Crippen LogP) is 3.51. The van der Waals surface area contributed by atoms with Gasteiger partial charge in [-0.3, -0.25) is 4.79 Å². The molecule has 0 fully saturated rings. The van der Waals surface area contributed by atoms with Crippen molar-refractivity contribution in [2.24, 2.45) is 0 Å². The van der Waals surface area contributed by atoms with Crippen LogP contribution in [0.1, 0.15) is 16.7 Å². The molecule has 0 saturated heterocycles. The highest BCUT2D eigenvalue weighted by Gasteiger charge is 2.06. The number of carbonyl (C=O) groups is 2. The minimum absolute atomic E-state index is 0.152. The molecule has 0 aliphatic rings. The van der Waals surface area contributed by atoms with E-state index in [1.54, 1.807) is 24.3 Å².